The summed E-state index contributed by atoms with van der Waals surface area (Å²) in [6, 6.07) is 55.6. The summed E-state index contributed by atoms with van der Waals surface area (Å²) in [6.45, 7) is 7.46. The second-order valence-corrected chi connectivity index (χ2v) is 14.1. The number of hydrogen-bond donors (Lipinski definition) is 0. The normalized spacial score (nSPS) is 13.2. The minimum atomic E-state index is 0.108. The SMILES string of the molecule is CC(C)(C)c1ccc(N2CN(c3cccc(Oc4ccc5c(c4)N(c4ccccn4)c4ccccc4-c4ccccc4-5)c3)c3ccccc32)cc1. The van der Waals surface area contributed by atoms with Crippen molar-refractivity contribution in [1.29, 1.82) is 0 Å². The highest BCUT2D eigenvalue weighted by Crippen LogP contribution is 2.51. The highest BCUT2D eigenvalue weighted by Gasteiger charge is 2.29. The number of aromatic nitrogens is 1. The lowest BCUT2D eigenvalue weighted by molar-refractivity contribution is 0.483. The van der Waals surface area contributed by atoms with Gasteiger partial charge in [-0.1, -0.05) is 99.6 Å². The molecule has 248 valence electrons. The van der Waals surface area contributed by atoms with Gasteiger partial charge in [0.15, 0.2) is 0 Å². The van der Waals surface area contributed by atoms with Gasteiger partial charge in [-0.25, -0.2) is 4.98 Å². The Morgan fingerprint density at radius 1 is 0.490 bits per heavy atom. The van der Waals surface area contributed by atoms with E-state index in [4.69, 9.17) is 9.72 Å². The summed E-state index contributed by atoms with van der Waals surface area (Å²) in [4.78, 5) is 11.8. The first-order valence-corrected chi connectivity index (χ1v) is 17.5. The van der Waals surface area contributed by atoms with E-state index in [1.54, 1.807) is 0 Å². The van der Waals surface area contributed by atoms with Gasteiger partial charge in [0, 0.05) is 40.8 Å². The molecule has 2 aliphatic rings. The Kier molecular flexibility index (Phi) is 7.36. The Hall–Kier alpha value is -6.33. The Bertz CT molecular complexity index is 2380. The molecule has 0 bridgehead atoms. The average Bonchev–Trinajstić information content (AvgIpc) is 3.50. The standard InChI is InChI=1S/C46H38N4O/c1-46(2,3)32-22-24-33(25-23-32)48-31-49(43-20-9-8-19-42(43)48)34-13-12-14-35(29-34)51-36-26-27-40-38-16-5-4-15-37(38)39-17-6-7-18-41(39)50(44(40)30-36)45-21-10-11-28-47-45/h4-30H,31H2,1-3H3. The average molecular weight is 663 g/mol. The van der Waals surface area contributed by atoms with Gasteiger partial charge in [0.25, 0.3) is 0 Å². The van der Waals surface area contributed by atoms with Gasteiger partial charge in [-0.2, -0.15) is 0 Å². The molecule has 0 saturated carbocycles. The summed E-state index contributed by atoms with van der Waals surface area (Å²) < 4.78 is 6.70. The molecule has 0 fully saturated rings. The third-order valence-electron chi connectivity index (χ3n) is 9.90. The van der Waals surface area contributed by atoms with Crippen LogP contribution in [-0.2, 0) is 5.41 Å². The largest absolute Gasteiger partial charge is 0.457 e. The number of anilines is 7. The molecule has 3 heterocycles. The molecule has 0 radical (unpaired) electrons. The third kappa shape index (κ3) is 5.48. The molecule has 6 aromatic carbocycles. The van der Waals surface area contributed by atoms with Gasteiger partial charge >= 0.3 is 0 Å². The second kappa shape index (κ2) is 12.2. The zero-order chi connectivity index (χ0) is 34.5. The van der Waals surface area contributed by atoms with Crippen LogP contribution in [-0.4, -0.2) is 11.7 Å². The van der Waals surface area contributed by atoms with E-state index in [-0.39, 0.29) is 5.41 Å². The fourth-order valence-electron chi connectivity index (χ4n) is 7.35. The van der Waals surface area contributed by atoms with Crippen molar-refractivity contribution in [2.75, 3.05) is 21.4 Å². The number of nitrogens with zero attached hydrogens (tertiary/aromatic N) is 4. The topological polar surface area (TPSA) is 31.8 Å². The van der Waals surface area contributed by atoms with Gasteiger partial charge in [-0.3, -0.25) is 4.90 Å². The van der Waals surface area contributed by atoms with Crippen LogP contribution >= 0.6 is 0 Å². The molecular formula is C46H38N4O. The fourth-order valence-corrected chi connectivity index (χ4v) is 7.35. The molecular weight excluding hydrogens is 625 g/mol. The molecule has 0 unspecified atom stereocenters. The minimum absolute atomic E-state index is 0.108. The van der Waals surface area contributed by atoms with Crippen molar-refractivity contribution >= 4 is 39.9 Å². The van der Waals surface area contributed by atoms with Crippen LogP contribution in [0.4, 0.5) is 39.9 Å². The van der Waals surface area contributed by atoms with Crippen LogP contribution in [0, 0.1) is 0 Å². The van der Waals surface area contributed by atoms with Crippen molar-refractivity contribution in [2.45, 2.75) is 26.2 Å². The summed E-state index contributed by atoms with van der Waals surface area (Å²) in [5, 5.41) is 0. The number of pyridine rings is 1. The first-order valence-electron chi connectivity index (χ1n) is 17.5. The van der Waals surface area contributed by atoms with Gasteiger partial charge in [0.05, 0.1) is 22.7 Å². The van der Waals surface area contributed by atoms with Gasteiger partial charge in [0.1, 0.15) is 24.0 Å². The molecule has 0 saturated heterocycles. The zero-order valence-corrected chi connectivity index (χ0v) is 29.0. The summed E-state index contributed by atoms with van der Waals surface area (Å²) in [6.07, 6.45) is 1.85. The summed E-state index contributed by atoms with van der Waals surface area (Å²) >= 11 is 0. The summed E-state index contributed by atoms with van der Waals surface area (Å²) in [7, 11) is 0. The Morgan fingerprint density at radius 2 is 1.10 bits per heavy atom. The van der Waals surface area contributed by atoms with E-state index in [1.807, 2.05) is 24.4 Å². The first kappa shape index (κ1) is 30.7. The van der Waals surface area contributed by atoms with Gasteiger partial charge < -0.3 is 14.5 Å². The zero-order valence-electron chi connectivity index (χ0n) is 29.0. The number of benzene rings is 6. The summed E-state index contributed by atoms with van der Waals surface area (Å²) in [5.41, 5.74) is 12.8. The van der Waals surface area contributed by atoms with Crippen molar-refractivity contribution in [1.82, 2.24) is 4.98 Å². The third-order valence-corrected chi connectivity index (χ3v) is 9.90. The Labute approximate surface area is 299 Å². The first-order chi connectivity index (χ1) is 24.9. The maximum Gasteiger partial charge on any atom is 0.137 e. The predicted molar refractivity (Wildman–Crippen MR) is 211 cm³/mol. The molecule has 2 aliphatic heterocycles. The van der Waals surface area contributed by atoms with E-state index >= 15 is 0 Å². The number of ether oxygens (including phenoxy) is 1. The fraction of sp³-hybridized carbons (Fsp3) is 0.109. The molecule has 7 aromatic rings. The van der Waals surface area contributed by atoms with E-state index in [9.17, 15) is 0 Å². The van der Waals surface area contributed by atoms with Crippen LogP contribution in [0.5, 0.6) is 11.5 Å². The molecule has 0 amide bonds. The summed E-state index contributed by atoms with van der Waals surface area (Å²) in [5.74, 6) is 2.38. The smallest absolute Gasteiger partial charge is 0.137 e. The molecule has 0 aliphatic carbocycles. The maximum atomic E-state index is 6.70. The van der Waals surface area contributed by atoms with Gasteiger partial charge in [-0.05, 0) is 88.8 Å². The second-order valence-electron chi connectivity index (χ2n) is 14.1. The lowest BCUT2D eigenvalue weighted by atomic mass is 9.87. The van der Waals surface area contributed by atoms with Crippen LogP contribution in [0.3, 0.4) is 0 Å². The lowest BCUT2D eigenvalue weighted by Gasteiger charge is -2.26. The van der Waals surface area contributed by atoms with Gasteiger partial charge in [-0.15, -0.1) is 0 Å². The van der Waals surface area contributed by atoms with E-state index in [2.05, 4.69) is 175 Å². The van der Waals surface area contributed by atoms with Crippen molar-refractivity contribution in [2.24, 2.45) is 0 Å². The number of fused-ring (bicyclic) bond motifs is 6. The van der Waals surface area contributed by atoms with Crippen molar-refractivity contribution in [3.05, 3.63) is 169 Å². The molecule has 51 heavy (non-hydrogen) atoms. The van der Waals surface area contributed by atoms with Crippen LogP contribution in [0.2, 0.25) is 0 Å². The van der Waals surface area contributed by atoms with Crippen molar-refractivity contribution in [3.63, 3.8) is 0 Å². The van der Waals surface area contributed by atoms with E-state index in [1.165, 1.54) is 33.8 Å². The molecule has 0 spiro atoms. The molecule has 0 atom stereocenters. The Morgan fingerprint density at radius 3 is 1.78 bits per heavy atom. The molecule has 0 N–H and O–H groups in total. The highest BCUT2D eigenvalue weighted by atomic mass is 16.5. The van der Waals surface area contributed by atoms with Gasteiger partial charge in [0.2, 0.25) is 0 Å². The van der Waals surface area contributed by atoms with Crippen LogP contribution in [0.15, 0.2) is 164 Å². The minimum Gasteiger partial charge on any atom is -0.457 e. The van der Waals surface area contributed by atoms with Crippen molar-refractivity contribution < 1.29 is 4.74 Å². The number of para-hydroxylation sites is 3. The number of hydrogen-bond acceptors (Lipinski definition) is 5. The van der Waals surface area contributed by atoms with Crippen LogP contribution in [0.1, 0.15) is 26.3 Å². The molecule has 5 heteroatoms. The van der Waals surface area contributed by atoms with Crippen LogP contribution < -0.4 is 19.4 Å². The van der Waals surface area contributed by atoms with E-state index in [0.717, 1.165) is 45.5 Å². The van der Waals surface area contributed by atoms with E-state index < -0.39 is 0 Å². The Balaban J connectivity index is 1.08. The lowest BCUT2D eigenvalue weighted by Crippen LogP contribution is -2.24. The molecule has 1 aromatic heterocycles. The quantitative estimate of drug-likeness (QED) is 0.183. The monoisotopic (exact) mass is 662 g/mol. The van der Waals surface area contributed by atoms with Crippen molar-refractivity contribution in [3.8, 4) is 33.8 Å². The molecule has 5 nitrogen and oxygen atoms in total. The highest BCUT2D eigenvalue weighted by molar-refractivity contribution is 6.02. The maximum absolute atomic E-state index is 6.70. The molecule has 9 rings (SSSR count). The van der Waals surface area contributed by atoms with Crippen LogP contribution in [0.25, 0.3) is 22.3 Å². The number of rotatable bonds is 5. The predicted octanol–water partition coefficient (Wildman–Crippen LogP) is 12.5. The van der Waals surface area contributed by atoms with E-state index in [0.29, 0.717) is 6.67 Å².